The Morgan fingerprint density at radius 3 is 3.05 bits per heavy atom. The fourth-order valence-corrected chi connectivity index (χ4v) is 3.43. The molecule has 0 saturated carbocycles. The maximum atomic E-state index is 6.34. The van der Waals surface area contributed by atoms with E-state index < -0.39 is 0 Å². The quantitative estimate of drug-likeness (QED) is 0.674. The van der Waals surface area contributed by atoms with Crippen LogP contribution in [0.5, 0.6) is 5.75 Å². The molecular weight excluding hydrogens is 282 g/mol. The van der Waals surface area contributed by atoms with Crippen LogP contribution in [0.1, 0.15) is 11.1 Å². The zero-order valence-electron chi connectivity index (χ0n) is 11.8. The normalized spacial score (nSPS) is 17.0. The van der Waals surface area contributed by atoms with Gasteiger partial charge in [-0.25, -0.2) is 0 Å². The molecule has 0 saturated heterocycles. The second-order valence-electron chi connectivity index (χ2n) is 5.70. The summed E-state index contributed by atoms with van der Waals surface area (Å²) < 4.78 is 8.26. The van der Waals surface area contributed by atoms with Crippen molar-refractivity contribution in [3.05, 3.63) is 64.8 Å². The van der Waals surface area contributed by atoms with E-state index in [1.165, 1.54) is 16.5 Å². The average molecular weight is 298 g/mol. The number of fused-ring (bicyclic) bond motifs is 2. The molecule has 106 valence electrons. The standard InChI is InChI=1S/C18H16ClNO/c1-12-5-6-17-14(9-12)10-15(21-17)11-20-8-7-13-3-2-4-16(19)18(13)20/h2-9,15H,10-11H2,1H3. The van der Waals surface area contributed by atoms with Crippen molar-refractivity contribution in [2.24, 2.45) is 0 Å². The van der Waals surface area contributed by atoms with Crippen LogP contribution in [0, 0.1) is 6.92 Å². The number of aryl methyl sites for hydroxylation is 1. The molecule has 3 aromatic rings. The first-order valence-corrected chi connectivity index (χ1v) is 7.58. The lowest BCUT2D eigenvalue weighted by Gasteiger charge is -2.13. The first kappa shape index (κ1) is 12.8. The molecule has 21 heavy (non-hydrogen) atoms. The molecule has 3 heteroatoms. The summed E-state index contributed by atoms with van der Waals surface area (Å²) in [5.41, 5.74) is 3.69. The minimum Gasteiger partial charge on any atom is -0.488 e. The van der Waals surface area contributed by atoms with Crippen LogP contribution in [-0.4, -0.2) is 10.7 Å². The molecule has 0 fully saturated rings. The molecule has 2 aromatic carbocycles. The highest BCUT2D eigenvalue weighted by Crippen LogP contribution is 2.31. The van der Waals surface area contributed by atoms with Crippen LogP contribution in [0.15, 0.2) is 48.7 Å². The third kappa shape index (κ3) is 2.20. The summed E-state index contributed by atoms with van der Waals surface area (Å²) in [4.78, 5) is 0. The SMILES string of the molecule is Cc1ccc2c(c1)CC(Cn1ccc3cccc(Cl)c31)O2. The lowest BCUT2D eigenvalue weighted by molar-refractivity contribution is 0.211. The summed E-state index contributed by atoms with van der Waals surface area (Å²) in [6.45, 7) is 2.94. The van der Waals surface area contributed by atoms with Crippen molar-refractivity contribution < 1.29 is 4.74 Å². The number of halogens is 1. The summed E-state index contributed by atoms with van der Waals surface area (Å²) in [5, 5.41) is 1.97. The summed E-state index contributed by atoms with van der Waals surface area (Å²) >= 11 is 6.34. The zero-order chi connectivity index (χ0) is 14.4. The smallest absolute Gasteiger partial charge is 0.123 e. The van der Waals surface area contributed by atoms with Crippen molar-refractivity contribution in [3.8, 4) is 5.75 Å². The van der Waals surface area contributed by atoms with E-state index in [-0.39, 0.29) is 6.10 Å². The Labute approximate surface area is 128 Å². The number of benzene rings is 2. The highest BCUT2D eigenvalue weighted by atomic mass is 35.5. The Hall–Kier alpha value is -1.93. The van der Waals surface area contributed by atoms with Crippen molar-refractivity contribution in [2.75, 3.05) is 0 Å². The molecule has 0 spiro atoms. The Balaban J connectivity index is 1.62. The van der Waals surface area contributed by atoms with Crippen LogP contribution in [0.2, 0.25) is 5.02 Å². The van der Waals surface area contributed by atoms with E-state index in [0.717, 1.165) is 29.3 Å². The van der Waals surface area contributed by atoms with Gasteiger partial charge in [-0.2, -0.15) is 0 Å². The van der Waals surface area contributed by atoms with Gasteiger partial charge in [-0.1, -0.05) is 41.4 Å². The van der Waals surface area contributed by atoms with E-state index in [4.69, 9.17) is 16.3 Å². The molecule has 1 aliphatic rings. The van der Waals surface area contributed by atoms with Crippen molar-refractivity contribution in [2.45, 2.75) is 26.0 Å². The molecule has 0 radical (unpaired) electrons. The molecule has 0 amide bonds. The van der Waals surface area contributed by atoms with E-state index in [1.807, 2.05) is 12.1 Å². The van der Waals surface area contributed by atoms with Crippen LogP contribution in [-0.2, 0) is 13.0 Å². The van der Waals surface area contributed by atoms with Gasteiger partial charge in [-0.3, -0.25) is 0 Å². The zero-order valence-corrected chi connectivity index (χ0v) is 12.6. The van der Waals surface area contributed by atoms with Gasteiger partial charge in [0.25, 0.3) is 0 Å². The lowest BCUT2D eigenvalue weighted by Crippen LogP contribution is -2.20. The summed E-state index contributed by atoms with van der Waals surface area (Å²) in [6, 6.07) is 14.5. The van der Waals surface area contributed by atoms with Gasteiger partial charge in [0.2, 0.25) is 0 Å². The van der Waals surface area contributed by atoms with E-state index in [2.05, 4.69) is 48.0 Å². The van der Waals surface area contributed by atoms with Gasteiger partial charge in [-0.15, -0.1) is 0 Å². The molecule has 1 unspecified atom stereocenters. The average Bonchev–Trinajstić information content (AvgIpc) is 3.03. The van der Waals surface area contributed by atoms with Gasteiger partial charge >= 0.3 is 0 Å². The number of hydrogen-bond donors (Lipinski definition) is 0. The number of rotatable bonds is 2. The van der Waals surface area contributed by atoms with Crippen LogP contribution >= 0.6 is 11.6 Å². The number of ether oxygens (including phenoxy) is 1. The van der Waals surface area contributed by atoms with Gasteiger partial charge in [-0.05, 0) is 30.7 Å². The van der Waals surface area contributed by atoms with Crippen LogP contribution in [0.4, 0.5) is 0 Å². The number of hydrogen-bond acceptors (Lipinski definition) is 1. The summed E-state index contributed by atoms with van der Waals surface area (Å²) in [5.74, 6) is 1.02. The summed E-state index contributed by atoms with van der Waals surface area (Å²) in [6.07, 6.45) is 3.23. The molecule has 1 aromatic heterocycles. The molecule has 1 atom stereocenters. The van der Waals surface area contributed by atoms with Gasteiger partial charge in [0.15, 0.2) is 0 Å². The third-order valence-corrected chi connectivity index (χ3v) is 4.40. The Bertz CT molecular complexity index is 821. The van der Waals surface area contributed by atoms with Crippen molar-refractivity contribution in [1.82, 2.24) is 4.57 Å². The lowest BCUT2D eigenvalue weighted by atomic mass is 10.1. The monoisotopic (exact) mass is 297 g/mol. The topological polar surface area (TPSA) is 14.2 Å². The van der Waals surface area contributed by atoms with Gasteiger partial charge < -0.3 is 9.30 Å². The maximum Gasteiger partial charge on any atom is 0.123 e. The van der Waals surface area contributed by atoms with Crippen LogP contribution in [0.25, 0.3) is 10.9 Å². The predicted octanol–water partition coefficient (Wildman–Crippen LogP) is 4.61. The number of nitrogens with zero attached hydrogens (tertiary/aromatic N) is 1. The molecule has 4 rings (SSSR count). The number of para-hydroxylation sites is 1. The van der Waals surface area contributed by atoms with Crippen LogP contribution < -0.4 is 4.74 Å². The fourth-order valence-electron chi connectivity index (χ4n) is 3.14. The van der Waals surface area contributed by atoms with E-state index >= 15 is 0 Å². The molecule has 2 heterocycles. The second-order valence-corrected chi connectivity index (χ2v) is 6.11. The highest BCUT2D eigenvalue weighted by molar-refractivity contribution is 6.35. The van der Waals surface area contributed by atoms with Crippen molar-refractivity contribution in [3.63, 3.8) is 0 Å². The molecular formula is C18H16ClNO. The van der Waals surface area contributed by atoms with Crippen molar-refractivity contribution >= 4 is 22.5 Å². The predicted molar refractivity (Wildman–Crippen MR) is 86.2 cm³/mol. The van der Waals surface area contributed by atoms with E-state index in [1.54, 1.807) is 0 Å². The third-order valence-electron chi connectivity index (χ3n) is 4.10. The second kappa shape index (κ2) is 4.81. The molecule has 0 N–H and O–H groups in total. The Morgan fingerprint density at radius 1 is 1.24 bits per heavy atom. The molecule has 1 aliphatic heterocycles. The molecule has 0 bridgehead atoms. The minimum absolute atomic E-state index is 0.175. The van der Waals surface area contributed by atoms with E-state index in [0.29, 0.717) is 0 Å². The minimum atomic E-state index is 0.175. The van der Waals surface area contributed by atoms with Crippen LogP contribution in [0.3, 0.4) is 0 Å². The van der Waals surface area contributed by atoms with Gasteiger partial charge in [0.1, 0.15) is 11.9 Å². The van der Waals surface area contributed by atoms with Gasteiger partial charge in [0, 0.05) is 18.0 Å². The van der Waals surface area contributed by atoms with E-state index in [9.17, 15) is 0 Å². The molecule has 0 aliphatic carbocycles. The first-order valence-electron chi connectivity index (χ1n) is 7.20. The fraction of sp³-hybridized carbons (Fsp3) is 0.222. The maximum absolute atomic E-state index is 6.34. The van der Waals surface area contributed by atoms with Gasteiger partial charge in [0.05, 0.1) is 17.1 Å². The number of aromatic nitrogens is 1. The highest BCUT2D eigenvalue weighted by Gasteiger charge is 2.23. The largest absolute Gasteiger partial charge is 0.488 e. The summed E-state index contributed by atoms with van der Waals surface area (Å²) in [7, 11) is 0. The Morgan fingerprint density at radius 2 is 2.14 bits per heavy atom. The van der Waals surface area contributed by atoms with Crippen molar-refractivity contribution in [1.29, 1.82) is 0 Å². The first-order chi connectivity index (χ1) is 10.2. The Kier molecular flexibility index (Phi) is 2.93. The molecule has 2 nitrogen and oxygen atoms in total.